The molecule has 162 valence electrons. The van der Waals surface area contributed by atoms with E-state index in [1.54, 1.807) is 23.7 Å². The number of nitrogens with zero attached hydrogens (tertiary/aromatic N) is 4. The smallest absolute Gasteiger partial charge is 0.284 e. The van der Waals surface area contributed by atoms with Crippen molar-refractivity contribution >= 4 is 29.0 Å². The zero-order chi connectivity index (χ0) is 22.7. The zero-order valence-electron chi connectivity index (χ0n) is 18.1. The van der Waals surface area contributed by atoms with Crippen molar-refractivity contribution in [1.82, 2.24) is 14.8 Å². The van der Waals surface area contributed by atoms with Crippen LogP contribution in [0.3, 0.4) is 0 Å². The number of para-hydroxylation sites is 1. The van der Waals surface area contributed by atoms with Gasteiger partial charge in [0.05, 0.1) is 9.82 Å². The molecule has 31 heavy (non-hydrogen) atoms. The number of aromatic nitrogens is 3. The van der Waals surface area contributed by atoms with Gasteiger partial charge >= 0.3 is 0 Å². The van der Waals surface area contributed by atoms with Gasteiger partial charge < -0.3 is 9.88 Å². The first kappa shape index (κ1) is 22.5. The summed E-state index contributed by atoms with van der Waals surface area (Å²) in [5.74, 6) is 0.0512. The Morgan fingerprint density at radius 1 is 1.13 bits per heavy atom. The molecule has 0 spiro atoms. The third-order valence-corrected chi connectivity index (χ3v) is 6.02. The lowest BCUT2D eigenvalue weighted by atomic mass is 9.92. The van der Waals surface area contributed by atoms with Crippen molar-refractivity contribution in [3.05, 3.63) is 69.5 Å². The van der Waals surface area contributed by atoms with Gasteiger partial charge in [-0.25, -0.2) is 0 Å². The Morgan fingerprint density at radius 2 is 1.77 bits per heavy atom. The first-order valence-electron chi connectivity index (χ1n) is 9.93. The first-order chi connectivity index (χ1) is 14.7. The highest BCUT2D eigenvalue weighted by Crippen LogP contribution is 2.35. The van der Waals surface area contributed by atoms with Crippen molar-refractivity contribution in [3.8, 4) is 0 Å². The molecule has 0 saturated heterocycles. The van der Waals surface area contributed by atoms with E-state index in [0.717, 1.165) is 28.6 Å². The van der Waals surface area contributed by atoms with Crippen LogP contribution in [0, 0.1) is 10.1 Å². The summed E-state index contributed by atoms with van der Waals surface area (Å²) in [4.78, 5) is 24.6. The van der Waals surface area contributed by atoms with E-state index in [4.69, 9.17) is 0 Å². The highest BCUT2D eigenvalue weighted by atomic mass is 32.2. The predicted molar refractivity (Wildman–Crippen MR) is 121 cm³/mol. The van der Waals surface area contributed by atoms with Gasteiger partial charge in [-0.05, 0) is 46.9 Å². The number of nitro benzene ring substituents is 1. The summed E-state index contributed by atoms with van der Waals surface area (Å²) in [6, 6.07) is 10.5. The maximum absolute atomic E-state index is 13.1. The molecule has 3 rings (SSSR count). The van der Waals surface area contributed by atoms with E-state index in [-0.39, 0.29) is 29.0 Å². The molecule has 0 aliphatic heterocycles. The van der Waals surface area contributed by atoms with Crippen LogP contribution in [0.2, 0.25) is 0 Å². The molecule has 0 aliphatic rings. The lowest BCUT2D eigenvalue weighted by Gasteiger charge is -2.20. The minimum absolute atomic E-state index is 0.151. The van der Waals surface area contributed by atoms with E-state index in [0.29, 0.717) is 10.1 Å². The van der Waals surface area contributed by atoms with Gasteiger partial charge in [0.15, 0.2) is 5.16 Å². The molecule has 1 amide bonds. The zero-order valence-corrected chi connectivity index (χ0v) is 18.9. The molecule has 3 aromatic rings. The van der Waals surface area contributed by atoms with Crippen LogP contribution in [0.5, 0.6) is 0 Å². The van der Waals surface area contributed by atoms with E-state index in [1.165, 1.54) is 12.4 Å². The van der Waals surface area contributed by atoms with Gasteiger partial charge in [0.2, 0.25) is 0 Å². The van der Waals surface area contributed by atoms with Crippen molar-refractivity contribution in [2.75, 3.05) is 5.32 Å². The number of carbonyl (C=O) groups excluding carboxylic acids is 1. The standard InChI is InChI=1S/C22H25N5O3S/c1-13(2)16-7-6-8-17(14(3)4)20(16)24-21(28)15-9-10-19(18(11-15)27(29)30)31-22-25-23-12-26(22)5/h6-14H,1-5H3,(H,24,28). The van der Waals surface area contributed by atoms with E-state index < -0.39 is 4.92 Å². The number of rotatable bonds is 7. The van der Waals surface area contributed by atoms with Gasteiger partial charge in [0, 0.05) is 24.4 Å². The predicted octanol–water partition coefficient (Wildman–Crippen LogP) is 5.37. The van der Waals surface area contributed by atoms with Gasteiger partial charge in [0.1, 0.15) is 6.33 Å². The molecule has 0 unspecified atom stereocenters. The number of aryl methyl sites for hydroxylation is 1. The van der Waals surface area contributed by atoms with E-state index in [9.17, 15) is 14.9 Å². The van der Waals surface area contributed by atoms with Crippen LogP contribution in [0.1, 0.15) is 61.0 Å². The van der Waals surface area contributed by atoms with E-state index in [1.807, 2.05) is 18.2 Å². The third kappa shape index (κ3) is 4.93. The molecule has 1 heterocycles. The quantitative estimate of drug-likeness (QED) is 0.392. The van der Waals surface area contributed by atoms with Gasteiger partial charge in [-0.15, -0.1) is 10.2 Å². The first-order valence-corrected chi connectivity index (χ1v) is 10.7. The number of hydrogen-bond donors (Lipinski definition) is 1. The van der Waals surface area contributed by atoms with E-state index in [2.05, 4.69) is 43.2 Å². The number of carbonyl (C=O) groups is 1. The highest BCUT2D eigenvalue weighted by molar-refractivity contribution is 7.99. The van der Waals surface area contributed by atoms with Gasteiger partial charge in [-0.2, -0.15) is 0 Å². The van der Waals surface area contributed by atoms with Gasteiger partial charge in [-0.1, -0.05) is 45.9 Å². The fourth-order valence-corrected chi connectivity index (χ4v) is 4.08. The molecule has 0 atom stereocenters. The molecule has 0 bridgehead atoms. The van der Waals surface area contributed by atoms with Crippen molar-refractivity contribution in [2.24, 2.45) is 7.05 Å². The summed E-state index contributed by atoms with van der Waals surface area (Å²) in [5.41, 5.74) is 2.91. The SMILES string of the molecule is CC(C)c1cccc(C(C)C)c1NC(=O)c1ccc(Sc2nncn2C)c([N+](=O)[O-])c1. The van der Waals surface area contributed by atoms with Crippen LogP contribution < -0.4 is 5.32 Å². The largest absolute Gasteiger partial charge is 0.321 e. The van der Waals surface area contributed by atoms with Gasteiger partial charge in [-0.3, -0.25) is 14.9 Å². The minimum atomic E-state index is -0.489. The average Bonchev–Trinajstić information content (AvgIpc) is 3.12. The lowest BCUT2D eigenvalue weighted by molar-refractivity contribution is -0.387. The summed E-state index contributed by atoms with van der Waals surface area (Å²) in [6.07, 6.45) is 1.52. The molecule has 0 aliphatic carbocycles. The number of amides is 1. The van der Waals surface area contributed by atoms with Crippen molar-refractivity contribution in [1.29, 1.82) is 0 Å². The van der Waals surface area contributed by atoms with Crippen molar-refractivity contribution in [3.63, 3.8) is 0 Å². The Hall–Kier alpha value is -3.20. The molecule has 0 fully saturated rings. The molecule has 0 saturated carbocycles. The number of hydrogen-bond acceptors (Lipinski definition) is 6. The second kappa shape index (κ2) is 9.30. The van der Waals surface area contributed by atoms with Crippen LogP contribution in [-0.4, -0.2) is 25.6 Å². The average molecular weight is 440 g/mol. The van der Waals surface area contributed by atoms with Crippen molar-refractivity contribution < 1.29 is 9.72 Å². The number of nitro groups is 1. The Morgan fingerprint density at radius 3 is 2.29 bits per heavy atom. The summed E-state index contributed by atoms with van der Waals surface area (Å²) in [7, 11) is 1.76. The second-order valence-corrected chi connectivity index (χ2v) is 8.85. The van der Waals surface area contributed by atoms with Crippen LogP contribution >= 0.6 is 11.8 Å². The summed E-state index contributed by atoms with van der Waals surface area (Å²) < 4.78 is 1.67. The second-order valence-electron chi connectivity index (χ2n) is 7.84. The molecule has 0 radical (unpaired) electrons. The fraction of sp³-hybridized carbons (Fsp3) is 0.318. The molecular weight excluding hydrogens is 414 g/mol. The topological polar surface area (TPSA) is 103 Å². The Kier molecular flexibility index (Phi) is 6.74. The number of benzene rings is 2. The molecule has 8 nitrogen and oxygen atoms in total. The van der Waals surface area contributed by atoms with Gasteiger partial charge in [0.25, 0.3) is 11.6 Å². The monoisotopic (exact) mass is 439 g/mol. The lowest BCUT2D eigenvalue weighted by Crippen LogP contribution is -2.16. The Bertz CT molecular complexity index is 1100. The maximum atomic E-state index is 13.1. The normalized spacial score (nSPS) is 11.2. The van der Waals surface area contributed by atoms with Crippen molar-refractivity contribution in [2.45, 2.75) is 49.6 Å². The third-order valence-electron chi connectivity index (χ3n) is 4.90. The summed E-state index contributed by atoms with van der Waals surface area (Å²) >= 11 is 1.13. The number of nitrogens with one attached hydrogen (secondary N) is 1. The molecule has 9 heteroatoms. The van der Waals surface area contributed by atoms with Crippen LogP contribution in [0.25, 0.3) is 0 Å². The molecule has 1 aromatic heterocycles. The fourth-order valence-electron chi connectivity index (χ4n) is 3.23. The van der Waals surface area contributed by atoms with Crippen LogP contribution in [-0.2, 0) is 7.05 Å². The van der Waals surface area contributed by atoms with Crippen LogP contribution in [0.4, 0.5) is 11.4 Å². The molecular formula is C22H25N5O3S. The number of anilines is 1. The van der Waals surface area contributed by atoms with E-state index >= 15 is 0 Å². The molecule has 2 aromatic carbocycles. The molecule has 1 N–H and O–H groups in total. The summed E-state index contributed by atoms with van der Waals surface area (Å²) in [6.45, 7) is 8.27. The Balaban J connectivity index is 1.95. The Labute approximate surface area is 185 Å². The highest BCUT2D eigenvalue weighted by Gasteiger charge is 2.22. The minimum Gasteiger partial charge on any atom is -0.321 e. The van der Waals surface area contributed by atoms with Crippen LogP contribution in [0.15, 0.2) is 52.8 Å². The summed E-state index contributed by atoms with van der Waals surface area (Å²) in [5, 5.41) is 22.9. The maximum Gasteiger partial charge on any atom is 0.284 e.